The fraction of sp³-hybridized carbons (Fsp3) is 1.00. The highest BCUT2D eigenvalue weighted by Crippen LogP contribution is 2.24. The van der Waals surface area contributed by atoms with Gasteiger partial charge in [-0.25, -0.2) is 0 Å². The largest absolute Gasteiger partial charge is 0.379 e. The first-order chi connectivity index (χ1) is 6.74. The van der Waals surface area contributed by atoms with Gasteiger partial charge in [0.05, 0.1) is 6.61 Å². The van der Waals surface area contributed by atoms with Gasteiger partial charge in [0, 0.05) is 20.8 Å². The van der Waals surface area contributed by atoms with Crippen molar-refractivity contribution in [3.63, 3.8) is 0 Å². The van der Waals surface area contributed by atoms with Gasteiger partial charge in [-0.15, -0.1) is 0 Å². The lowest BCUT2D eigenvalue weighted by Gasteiger charge is -2.19. The third-order valence-electron chi connectivity index (χ3n) is 2.32. The highest BCUT2D eigenvalue weighted by molar-refractivity contribution is 4.88. The van der Waals surface area contributed by atoms with E-state index >= 15 is 0 Å². The molecule has 1 saturated heterocycles. The van der Waals surface area contributed by atoms with E-state index in [9.17, 15) is 5.11 Å². The Kier molecular flexibility index (Phi) is 4.77. The molecule has 1 rings (SSSR count). The summed E-state index contributed by atoms with van der Waals surface area (Å²) in [6.07, 6.45) is -1.91. The van der Waals surface area contributed by atoms with E-state index < -0.39 is 12.4 Å². The number of aliphatic hydroxyl groups is 1. The minimum absolute atomic E-state index is 0.264. The summed E-state index contributed by atoms with van der Waals surface area (Å²) in [5.41, 5.74) is 0. The van der Waals surface area contributed by atoms with Crippen LogP contribution in [0.5, 0.6) is 0 Å². The van der Waals surface area contributed by atoms with Crippen LogP contribution in [0, 0.1) is 0 Å². The zero-order valence-corrected chi connectivity index (χ0v) is 8.80. The Morgan fingerprint density at radius 1 is 1.21 bits per heavy atom. The third-order valence-corrected chi connectivity index (χ3v) is 2.32. The van der Waals surface area contributed by atoms with E-state index in [1.807, 2.05) is 6.92 Å². The molecule has 1 heterocycles. The van der Waals surface area contributed by atoms with Crippen LogP contribution in [-0.2, 0) is 18.9 Å². The summed E-state index contributed by atoms with van der Waals surface area (Å²) in [6, 6.07) is 0. The molecule has 1 aliphatic rings. The molecule has 84 valence electrons. The van der Waals surface area contributed by atoms with E-state index in [1.165, 1.54) is 7.11 Å². The molecule has 5 nitrogen and oxygen atoms in total. The van der Waals surface area contributed by atoms with Crippen molar-refractivity contribution in [2.75, 3.05) is 27.4 Å². The summed E-state index contributed by atoms with van der Waals surface area (Å²) < 4.78 is 20.8. The predicted molar refractivity (Wildman–Crippen MR) is 49.0 cm³/mol. The van der Waals surface area contributed by atoms with Crippen molar-refractivity contribution in [2.24, 2.45) is 0 Å². The van der Waals surface area contributed by atoms with Crippen LogP contribution in [0.15, 0.2) is 0 Å². The zero-order valence-electron chi connectivity index (χ0n) is 8.80. The second-order valence-electron chi connectivity index (χ2n) is 3.13. The molecule has 0 aromatic heterocycles. The fourth-order valence-electron chi connectivity index (χ4n) is 1.61. The SMILES string of the molecule is CCOC[C@@H]1O[C@@H](O)[C@H](OC)[C@H]1OC. The molecule has 1 aliphatic heterocycles. The van der Waals surface area contributed by atoms with E-state index in [-0.39, 0.29) is 12.2 Å². The zero-order chi connectivity index (χ0) is 10.6. The fourth-order valence-corrected chi connectivity index (χ4v) is 1.61. The van der Waals surface area contributed by atoms with E-state index in [0.717, 1.165) is 0 Å². The molecule has 0 saturated carbocycles. The van der Waals surface area contributed by atoms with Crippen LogP contribution in [-0.4, -0.2) is 57.1 Å². The molecule has 5 heteroatoms. The van der Waals surface area contributed by atoms with Gasteiger partial charge < -0.3 is 24.1 Å². The summed E-state index contributed by atoms with van der Waals surface area (Å²) in [7, 11) is 3.09. The lowest BCUT2D eigenvalue weighted by atomic mass is 10.1. The second-order valence-corrected chi connectivity index (χ2v) is 3.13. The lowest BCUT2D eigenvalue weighted by Crippen LogP contribution is -2.37. The summed E-state index contributed by atoms with van der Waals surface area (Å²) in [4.78, 5) is 0. The smallest absolute Gasteiger partial charge is 0.184 e. The average Bonchev–Trinajstić information content (AvgIpc) is 2.50. The summed E-state index contributed by atoms with van der Waals surface area (Å²) in [5, 5.41) is 9.48. The van der Waals surface area contributed by atoms with Crippen LogP contribution in [0.1, 0.15) is 6.92 Å². The van der Waals surface area contributed by atoms with Crippen molar-refractivity contribution >= 4 is 0 Å². The van der Waals surface area contributed by atoms with Gasteiger partial charge in [-0.05, 0) is 6.92 Å². The molecule has 0 spiro atoms. The van der Waals surface area contributed by atoms with Gasteiger partial charge in [-0.1, -0.05) is 0 Å². The van der Waals surface area contributed by atoms with Crippen molar-refractivity contribution in [3.05, 3.63) is 0 Å². The van der Waals surface area contributed by atoms with E-state index in [0.29, 0.717) is 13.2 Å². The monoisotopic (exact) mass is 206 g/mol. The topological polar surface area (TPSA) is 57.2 Å². The molecule has 0 aliphatic carbocycles. The van der Waals surface area contributed by atoms with Gasteiger partial charge in [0.1, 0.15) is 18.3 Å². The third kappa shape index (κ3) is 2.43. The molecular weight excluding hydrogens is 188 g/mol. The van der Waals surface area contributed by atoms with E-state index in [2.05, 4.69) is 0 Å². The van der Waals surface area contributed by atoms with E-state index in [1.54, 1.807) is 7.11 Å². The number of ether oxygens (including phenoxy) is 4. The molecular formula is C9H18O5. The minimum atomic E-state index is -0.935. The summed E-state index contributed by atoms with van der Waals surface area (Å²) in [5.74, 6) is 0. The Balaban J connectivity index is 2.51. The van der Waals surface area contributed by atoms with Gasteiger partial charge >= 0.3 is 0 Å². The number of aliphatic hydroxyl groups excluding tert-OH is 1. The average molecular weight is 206 g/mol. The minimum Gasteiger partial charge on any atom is -0.379 e. The summed E-state index contributed by atoms with van der Waals surface area (Å²) >= 11 is 0. The highest BCUT2D eigenvalue weighted by atomic mass is 16.7. The Morgan fingerprint density at radius 3 is 2.36 bits per heavy atom. The van der Waals surface area contributed by atoms with Gasteiger partial charge in [0.2, 0.25) is 0 Å². The maximum Gasteiger partial charge on any atom is 0.184 e. The molecule has 0 amide bonds. The molecule has 0 bridgehead atoms. The van der Waals surface area contributed by atoms with Gasteiger partial charge in [0.25, 0.3) is 0 Å². The summed E-state index contributed by atoms with van der Waals surface area (Å²) in [6.45, 7) is 2.93. The number of rotatable bonds is 5. The molecule has 0 aromatic carbocycles. The van der Waals surface area contributed by atoms with Crippen LogP contribution in [0.2, 0.25) is 0 Å². The standard InChI is InChI=1S/C9H18O5/c1-4-13-5-6-7(11-2)8(12-3)9(10)14-6/h6-10H,4-5H2,1-3H3/t6-,7-,8+,9+/m0/s1. The Bertz CT molecular complexity index is 163. The van der Waals surface area contributed by atoms with Crippen LogP contribution in [0.25, 0.3) is 0 Å². The van der Waals surface area contributed by atoms with Crippen LogP contribution in [0.4, 0.5) is 0 Å². The van der Waals surface area contributed by atoms with Crippen molar-refractivity contribution in [2.45, 2.75) is 31.5 Å². The number of methoxy groups -OCH3 is 2. The van der Waals surface area contributed by atoms with Gasteiger partial charge in [-0.3, -0.25) is 0 Å². The highest BCUT2D eigenvalue weighted by Gasteiger charge is 2.44. The maximum atomic E-state index is 9.48. The molecule has 0 unspecified atom stereocenters. The Labute approximate surface area is 83.9 Å². The first kappa shape index (κ1) is 11.9. The first-order valence-electron chi connectivity index (χ1n) is 4.71. The van der Waals surface area contributed by atoms with Crippen molar-refractivity contribution in [3.8, 4) is 0 Å². The number of hydrogen-bond donors (Lipinski definition) is 1. The normalized spacial score (nSPS) is 37.7. The van der Waals surface area contributed by atoms with Crippen molar-refractivity contribution in [1.82, 2.24) is 0 Å². The quantitative estimate of drug-likeness (QED) is 0.673. The first-order valence-corrected chi connectivity index (χ1v) is 4.71. The molecule has 1 fully saturated rings. The molecule has 0 aromatic rings. The number of hydrogen-bond acceptors (Lipinski definition) is 5. The van der Waals surface area contributed by atoms with Crippen LogP contribution >= 0.6 is 0 Å². The van der Waals surface area contributed by atoms with Crippen molar-refractivity contribution in [1.29, 1.82) is 0 Å². The Morgan fingerprint density at radius 2 is 1.86 bits per heavy atom. The Hall–Kier alpha value is -0.200. The van der Waals surface area contributed by atoms with Gasteiger partial charge in [0.15, 0.2) is 6.29 Å². The van der Waals surface area contributed by atoms with E-state index in [4.69, 9.17) is 18.9 Å². The molecule has 4 atom stereocenters. The molecule has 0 radical (unpaired) electrons. The second kappa shape index (κ2) is 5.63. The molecule has 1 N–H and O–H groups in total. The van der Waals surface area contributed by atoms with Gasteiger partial charge in [-0.2, -0.15) is 0 Å². The van der Waals surface area contributed by atoms with Crippen LogP contribution < -0.4 is 0 Å². The molecule has 14 heavy (non-hydrogen) atoms. The maximum absolute atomic E-state index is 9.48. The van der Waals surface area contributed by atoms with Crippen LogP contribution in [0.3, 0.4) is 0 Å². The lowest BCUT2D eigenvalue weighted by molar-refractivity contribution is -0.142. The van der Waals surface area contributed by atoms with Crippen molar-refractivity contribution < 1.29 is 24.1 Å². The predicted octanol–water partition coefficient (Wildman–Crippen LogP) is -0.230.